The van der Waals surface area contributed by atoms with E-state index >= 15 is 0 Å². The molecule has 0 unspecified atom stereocenters. The van der Waals surface area contributed by atoms with Gasteiger partial charge in [-0.05, 0) is 12.1 Å². The predicted molar refractivity (Wildman–Crippen MR) is 77.4 cm³/mol. The molecule has 0 saturated carbocycles. The van der Waals surface area contributed by atoms with Gasteiger partial charge in [-0.25, -0.2) is 4.98 Å². The van der Waals surface area contributed by atoms with E-state index in [9.17, 15) is 4.79 Å². The molecule has 1 aromatic rings. The Labute approximate surface area is 124 Å². The van der Waals surface area contributed by atoms with Gasteiger partial charge in [0.1, 0.15) is 11.5 Å². The average molecular weight is 295 g/mol. The maximum absolute atomic E-state index is 12.1. The van der Waals surface area contributed by atoms with Gasteiger partial charge in [-0.3, -0.25) is 4.79 Å². The van der Waals surface area contributed by atoms with Gasteiger partial charge in [0.2, 0.25) is 0 Å². The summed E-state index contributed by atoms with van der Waals surface area (Å²) in [6.45, 7) is 3.21. The number of carbonyl (C=O) groups excluding carboxylic acids is 1. The first-order chi connectivity index (χ1) is 10.2. The minimum atomic E-state index is -0.462. The smallest absolute Gasteiger partial charge is 0.270 e. The monoisotopic (exact) mass is 295 g/mol. The SMILES string of the molecule is COC(CNC(=O)c1cccc(N2CCOCC2)n1)OC. The van der Waals surface area contributed by atoms with E-state index in [1.807, 2.05) is 12.1 Å². The second-order valence-corrected chi connectivity index (χ2v) is 4.59. The second-order valence-electron chi connectivity index (χ2n) is 4.59. The molecule has 1 aromatic heterocycles. The third-order valence-electron chi connectivity index (χ3n) is 3.26. The normalized spacial score (nSPS) is 15.3. The van der Waals surface area contributed by atoms with Crippen molar-refractivity contribution in [3.05, 3.63) is 23.9 Å². The molecule has 7 heteroatoms. The first-order valence-electron chi connectivity index (χ1n) is 6.88. The van der Waals surface area contributed by atoms with Crippen LogP contribution in [0.2, 0.25) is 0 Å². The Morgan fingerprint density at radius 3 is 2.76 bits per heavy atom. The van der Waals surface area contributed by atoms with Crippen LogP contribution >= 0.6 is 0 Å². The van der Waals surface area contributed by atoms with Crippen molar-refractivity contribution >= 4 is 11.7 Å². The number of nitrogens with one attached hydrogen (secondary N) is 1. The van der Waals surface area contributed by atoms with E-state index in [4.69, 9.17) is 14.2 Å². The largest absolute Gasteiger partial charge is 0.378 e. The third-order valence-corrected chi connectivity index (χ3v) is 3.26. The van der Waals surface area contributed by atoms with Gasteiger partial charge in [0.25, 0.3) is 5.91 Å². The fourth-order valence-corrected chi connectivity index (χ4v) is 2.05. The molecule has 7 nitrogen and oxygen atoms in total. The molecule has 2 rings (SSSR count). The number of aromatic nitrogens is 1. The standard InChI is InChI=1S/C14H21N3O4/c1-19-13(20-2)10-15-14(18)11-4-3-5-12(16-11)17-6-8-21-9-7-17/h3-5,13H,6-10H2,1-2H3,(H,15,18). The van der Waals surface area contributed by atoms with Gasteiger partial charge in [-0.1, -0.05) is 6.07 Å². The van der Waals surface area contributed by atoms with E-state index in [1.165, 1.54) is 14.2 Å². The van der Waals surface area contributed by atoms with Crippen LogP contribution < -0.4 is 10.2 Å². The van der Waals surface area contributed by atoms with Crippen LogP contribution in [0.1, 0.15) is 10.5 Å². The lowest BCUT2D eigenvalue weighted by Gasteiger charge is -2.27. The quantitative estimate of drug-likeness (QED) is 0.759. The van der Waals surface area contributed by atoms with Gasteiger partial charge >= 0.3 is 0 Å². The predicted octanol–water partition coefficient (Wildman–Crippen LogP) is 0.267. The number of hydrogen-bond acceptors (Lipinski definition) is 6. The number of pyridine rings is 1. The van der Waals surface area contributed by atoms with Crippen LogP contribution in [-0.2, 0) is 14.2 Å². The lowest BCUT2D eigenvalue weighted by atomic mass is 10.3. The molecule has 0 radical (unpaired) electrons. The zero-order valence-corrected chi connectivity index (χ0v) is 12.4. The molecule has 116 valence electrons. The number of anilines is 1. The summed E-state index contributed by atoms with van der Waals surface area (Å²) in [5.41, 5.74) is 0.380. The first-order valence-corrected chi connectivity index (χ1v) is 6.88. The van der Waals surface area contributed by atoms with Gasteiger partial charge in [0, 0.05) is 27.3 Å². The number of hydrogen-bond donors (Lipinski definition) is 1. The van der Waals surface area contributed by atoms with Crippen LogP contribution in [-0.4, -0.2) is 64.2 Å². The molecule has 0 aromatic carbocycles. The number of ether oxygens (including phenoxy) is 3. The molecule has 0 bridgehead atoms. The van der Waals surface area contributed by atoms with E-state index < -0.39 is 6.29 Å². The molecule has 1 fully saturated rings. The van der Waals surface area contributed by atoms with E-state index in [0.29, 0.717) is 18.9 Å². The zero-order chi connectivity index (χ0) is 15.1. The summed E-state index contributed by atoms with van der Waals surface area (Å²) < 4.78 is 15.4. The van der Waals surface area contributed by atoms with Gasteiger partial charge in [-0.15, -0.1) is 0 Å². The fourth-order valence-electron chi connectivity index (χ4n) is 2.05. The van der Waals surface area contributed by atoms with Crippen LogP contribution in [0.5, 0.6) is 0 Å². The summed E-state index contributed by atoms with van der Waals surface area (Å²) in [5.74, 6) is 0.546. The van der Waals surface area contributed by atoms with Crippen LogP contribution in [0.4, 0.5) is 5.82 Å². The summed E-state index contributed by atoms with van der Waals surface area (Å²) in [7, 11) is 3.05. The number of nitrogens with zero attached hydrogens (tertiary/aromatic N) is 2. The molecule has 0 spiro atoms. The number of methoxy groups -OCH3 is 2. The molecule has 0 atom stereocenters. The molecular weight excluding hydrogens is 274 g/mol. The van der Waals surface area contributed by atoms with E-state index in [2.05, 4.69) is 15.2 Å². The lowest BCUT2D eigenvalue weighted by Crippen LogP contribution is -2.37. The van der Waals surface area contributed by atoms with Crippen molar-refractivity contribution in [2.45, 2.75) is 6.29 Å². The van der Waals surface area contributed by atoms with Crippen molar-refractivity contribution in [3.8, 4) is 0 Å². The molecule has 1 aliphatic heterocycles. The summed E-state index contributed by atoms with van der Waals surface area (Å²) in [4.78, 5) is 18.6. The van der Waals surface area contributed by atoms with Crippen LogP contribution in [0, 0.1) is 0 Å². The summed E-state index contributed by atoms with van der Waals surface area (Å²) in [6, 6.07) is 5.42. The Morgan fingerprint density at radius 2 is 2.10 bits per heavy atom. The van der Waals surface area contributed by atoms with E-state index in [0.717, 1.165) is 18.9 Å². The van der Waals surface area contributed by atoms with E-state index in [1.54, 1.807) is 6.07 Å². The Balaban J connectivity index is 1.97. The highest BCUT2D eigenvalue weighted by atomic mass is 16.7. The molecule has 21 heavy (non-hydrogen) atoms. The molecule has 1 aliphatic rings. The average Bonchev–Trinajstić information content (AvgIpc) is 2.56. The number of amides is 1. The molecule has 2 heterocycles. The highest BCUT2D eigenvalue weighted by molar-refractivity contribution is 5.92. The number of carbonyl (C=O) groups is 1. The van der Waals surface area contributed by atoms with Crippen LogP contribution in [0.15, 0.2) is 18.2 Å². The van der Waals surface area contributed by atoms with Gasteiger partial charge in [-0.2, -0.15) is 0 Å². The summed E-state index contributed by atoms with van der Waals surface area (Å²) >= 11 is 0. The highest BCUT2D eigenvalue weighted by Gasteiger charge is 2.15. The van der Waals surface area contributed by atoms with Crippen LogP contribution in [0.3, 0.4) is 0 Å². The van der Waals surface area contributed by atoms with Crippen molar-refractivity contribution < 1.29 is 19.0 Å². The minimum Gasteiger partial charge on any atom is -0.378 e. The first kappa shape index (κ1) is 15.7. The number of rotatable bonds is 6. The van der Waals surface area contributed by atoms with Crippen LogP contribution in [0.25, 0.3) is 0 Å². The number of morpholine rings is 1. The highest BCUT2D eigenvalue weighted by Crippen LogP contribution is 2.13. The van der Waals surface area contributed by atoms with Gasteiger partial charge < -0.3 is 24.4 Å². The van der Waals surface area contributed by atoms with Gasteiger partial charge in [0.15, 0.2) is 6.29 Å². The van der Waals surface area contributed by atoms with Crippen molar-refractivity contribution in [2.75, 3.05) is 52.0 Å². The molecule has 1 saturated heterocycles. The Bertz CT molecular complexity index is 459. The fraction of sp³-hybridized carbons (Fsp3) is 0.571. The van der Waals surface area contributed by atoms with Crippen molar-refractivity contribution in [3.63, 3.8) is 0 Å². The maximum atomic E-state index is 12.1. The lowest BCUT2D eigenvalue weighted by molar-refractivity contribution is -0.0974. The minimum absolute atomic E-state index is 0.246. The summed E-state index contributed by atoms with van der Waals surface area (Å²) in [6.07, 6.45) is -0.462. The summed E-state index contributed by atoms with van der Waals surface area (Å²) in [5, 5.41) is 2.74. The molecular formula is C14H21N3O4. The second kappa shape index (κ2) is 7.92. The Morgan fingerprint density at radius 1 is 1.38 bits per heavy atom. The van der Waals surface area contributed by atoms with Crippen molar-refractivity contribution in [2.24, 2.45) is 0 Å². The zero-order valence-electron chi connectivity index (χ0n) is 12.4. The van der Waals surface area contributed by atoms with Crippen molar-refractivity contribution in [1.29, 1.82) is 0 Å². The molecule has 0 aliphatic carbocycles. The van der Waals surface area contributed by atoms with Gasteiger partial charge in [0.05, 0.1) is 19.8 Å². The maximum Gasteiger partial charge on any atom is 0.270 e. The molecule has 1 amide bonds. The Kier molecular flexibility index (Phi) is 5.91. The third kappa shape index (κ3) is 4.38. The van der Waals surface area contributed by atoms with E-state index in [-0.39, 0.29) is 12.5 Å². The molecule has 1 N–H and O–H groups in total. The topological polar surface area (TPSA) is 72.9 Å². The van der Waals surface area contributed by atoms with Crippen molar-refractivity contribution in [1.82, 2.24) is 10.3 Å². The Hall–Kier alpha value is -1.70.